The maximum Gasteiger partial charge on any atom is 0.340 e. The third-order valence-electron chi connectivity index (χ3n) is 4.61. The van der Waals surface area contributed by atoms with Crippen molar-refractivity contribution in [3.05, 3.63) is 89.6 Å². The molecule has 0 saturated heterocycles. The van der Waals surface area contributed by atoms with E-state index >= 15 is 0 Å². The maximum atomic E-state index is 12.2. The number of halogens is 1. The Hall–Kier alpha value is -4.30. The largest absolute Gasteiger partial charge is 0.483 e. The molecule has 4 rings (SSSR count). The number of imide groups is 1. The van der Waals surface area contributed by atoms with Crippen LogP contribution in [0.1, 0.15) is 10.6 Å². The number of fused-ring (bicyclic) bond motifs is 1. The lowest BCUT2D eigenvalue weighted by molar-refractivity contribution is -0.123. The first-order chi connectivity index (χ1) is 16.0. The Morgan fingerprint density at radius 2 is 1.61 bits per heavy atom. The van der Waals surface area contributed by atoms with E-state index in [-0.39, 0.29) is 12.4 Å². The average molecular weight is 464 g/mol. The van der Waals surface area contributed by atoms with E-state index < -0.39 is 17.8 Å². The molecule has 0 unspecified atom stereocenters. The molecule has 0 saturated carbocycles. The minimum absolute atomic E-state index is 0.0688. The maximum absolute atomic E-state index is 12.2. The van der Waals surface area contributed by atoms with Crippen LogP contribution in [0.4, 0.5) is 4.79 Å². The number of ether oxygens (including phenoxy) is 1. The monoisotopic (exact) mass is 463 g/mol. The molecule has 4 amide bonds. The summed E-state index contributed by atoms with van der Waals surface area (Å²) >= 11 is 5.86. The van der Waals surface area contributed by atoms with E-state index in [0.29, 0.717) is 16.5 Å². The van der Waals surface area contributed by atoms with Gasteiger partial charge in [-0.3, -0.25) is 20.3 Å². The molecule has 1 heterocycles. The molecule has 0 bridgehead atoms. The Balaban J connectivity index is 1.25. The van der Waals surface area contributed by atoms with Crippen molar-refractivity contribution in [3.8, 4) is 17.1 Å². The number of benzene rings is 3. The molecule has 8 nitrogen and oxygen atoms in total. The first-order valence-electron chi connectivity index (χ1n) is 9.86. The fourth-order valence-corrected chi connectivity index (χ4v) is 3.18. The van der Waals surface area contributed by atoms with Gasteiger partial charge in [0.05, 0.1) is 0 Å². The number of carbonyl (C=O) groups is 3. The lowest BCUT2D eigenvalue weighted by Gasteiger charge is -2.10. The molecule has 0 aliphatic heterocycles. The highest BCUT2D eigenvalue weighted by molar-refractivity contribution is 6.30. The minimum Gasteiger partial charge on any atom is -0.483 e. The summed E-state index contributed by atoms with van der Waals surface area (Å²) in [6.45, 7) is -0.329. The van der Waals surface area contributed by atoms with E-state index in [1.165, 1.54) is 6.07 Å². The summed E-state index contributed by atoms with van der Waals surface area (Å²) in [5, 5.41) is 4.47. The van der Waals surface area contributed by atoms with E-state index in [9.17, 15) is 14.4 Å². The van der Waals surface area contributed by atoms with Crippen LogP contribution in [0, 0.1) is 0 Å². The molecule has 0 atom stereocenters. The Labute approximate surface area is 193 Å². The van der Waals surface area contributed by atoms with E-state index in [1.54, 1.807) is 36.4 Å². The second-order valence-electron chi connectivity index (χ2n) is 6.89. The number of nitrogens with one attached hydrogen (secondary N) is 3. The lowest BCUT2D eigenvalue weighted by Crippen LogP contribution is -2.49. The first-order valence-corrected chi connectivity index (χ1v) is 10.2. The molecular formula is C24H18ClN3O5. The quantitative estimate of drug-likeness (QED) is 0.382. The van der Waals surface area contributed by atoms with Gasteiger partial charge in [0, 0.05) is 16.0 Å². The summed E-state index contributed by atoms with van der Waals surface area (Å²) in [6, 6.07) is 22.1. The predicted molar refractivity (Wildman–Crippen MR) is 123 cm³/mol. The van der Waals surface area contributed by atoms with Gasteiger partial charge >= 0.3 is 6.03 Å². The van der Waals surface area contributed by atoms with Crippen molar-refractivity contribution in [2.75, 3.05) is 6.61 Å². The van der Waals surface area contributed by atoms with Crippen LogP contribution in [0.15, 0.2) is 83.3 Å². The molecule has 0 aliphatic carbocycles. The highest BCUT2D eigenvalue weighted by Crippen LogP contribution is 2.25. The zero-order valence-corrected chi connectivity index (χ0v) is 17.9. The van der Waals surface area contributed by atoms with Crippen molar-refractivity contribution in [2.45, 2.75) is 0 Å². The van der Waals surface area contributed by atoms with Gasteiger partial charge in [0.1, 0.15) is 11.5 Å². The molecule has 0 fully saturated rings. The van der Waals surface area contributed by atoms with Crippen molar-refractivity contribution >= 4 is 40.2 Å². The molecule has 1 aromatic heterocycles. The van der Waals surface area contributed by atoms with Gasteiger partial charge in [-0.05, 0) is 47.9 Å². The number of carbonyl (C=O) groups excluding carboxylic acids is 3. The van der Waals surface area contributed by atoms with Crippen LogP contribution in [0.2, 0.25) is 5.02 Å². The van der Waals surface area contributed by atoms with Gasteiger partial charge in [-0.25, -0.2) is 10.2 Å². The van der Waals surface area contributed by atoms with Gasteiger partial charge in [0.25, 0.3) is 11.8 Å². The number of hydrogen-bond acceptors (Lipinski definition) is 5. The zero-order valence-electron chi connectivity index (χ0n) is 17.1. The topological polar surface area (TPSA) is 110 Å². The van der Waals surface area contributed by atoms with Gasteiger partial charge < -0.3 is 9.15 Å². The second kappa shape index (κ2) is 9.88. The molecule has 166 valence electrons. The van der Waals surface area contributed by atoms with E-state index in [4.69, 9.17) is 20.8 Å². The van der Waals surface area contributed by atoms with Gasteiger partial charge in [0.2, 0.25) is 0 Å². The third-order valence-corrected chi connectivity index (χ3v) is 4.86. The number of furan rings is 1. The summed E-state index contributed by atoms with van der Waals surface area (Å²) in [7, 11) is 0. The Bertz CT molecular complexity index is 1310. The number of hydrazine groups is 1. The fourth-order valence-electron chi connectivity index (χ4n) is 3.05. The van der Waals surface area contributed by atoms with E-state index in [1.807, 2.05) is 36.4 Å². The van der Waals surface area contributed by atoms with Crippen molar-refractivity contribution in [1.29, 1.82) is 0 Å². The fraction of sp³-hybridized carbons (Fsp3) is 0.0417. The molecule has 0 aliphatic rings. The Morgan fingerprint density at radius 3 is 2.42 bits per heavy atom. The summed E-state index contributed by atoms with van der Waals surface area (Å²) < 4.78 is 11.0. The van der Waals surface area contributed by atoms with E-state index in [2.05, 4.69) is 16.2 Å². The smallest absolute Gasteiger partial charge is 0.340 e. The van der Waals surface area contributed by atoms with Gasteiger partial charge in [-0.15, -0.1) is 0 Å². The highest BCUT2D eigenvalue weighted by Gasteiger charge is 2.16. The van der Waals surface area contributed by atoms with Crippen LogP contribution in [0.3, 0.4) is 0 Å². The standard InChI is InChI=1S/C24H18ClN3O5/c25-17-10-8-16(9-11-17)19-12-13-21(33-19)23(30)26-24(31)28-27-22(29)14-32-20-7-3-5-15-4-1-2-6-18(15)20/h1-13H,14H2,(H,27,29)(H2,26,28,30,31). The lowest BCUT2D eigenvalue weighted by atomic mass is 10.1. The summed E-state index contributed by atoms with van der Waals surface area (Å²) in [5.41, 5.74) is 4.99. The van der Waals surface area contributed by atoms with Gasteiger partial charge in [-0.2, -0.15) is 0 Å². The van der Waals surface area contributed by atoms with Crippen molar-refractivity contribution in [1.82, 2.24) is 16.2 Å². The normalized spacial score (nSPS) is 10.5. The van der Waals surface area contributed by atoms with Gasteiger partial charge in [0.15, 0.2) is 12.4 Å². The van der Waals surface area contributed by atoms with Crippen molar-refractivity contribution in [3.63, 3.8) is 0 Å². The van der Waals surface area contributed by atoms with Crippen molar-refractivity contribution in [2.24, 2.45) is 0 Å². The van der Waals surface area contributed by atoms with Crippen LogP contribution in [-0.4, -0.2) is 24.5 Å². The molecular weight excluding hydrogens is 446 g/mol. The first kappa shape index (κ1) is 21.9. The van der Waals surface area contributed by atoms with Crippen LogP contribution in [0.5, 0.6) is 5.75 Å². The van der Waals surface area contributed by atoms with Crippen LogP contribution in [0.25, 0.3) is 22.1 Å². The van der Waals surface area contributed by atoms with Gasteiger partial charge in [-0.1, -0.05) is 48.0 Å². The molecule has 0 spiro atoms. The number of rotatable bonds is 5. The number of urea groups is 1. The molecule has 33 heavy (non-hydrogen) atoms. The predicted octanol–water partition coefficient (Wildman–Crippen LogP) is 4.30. The average Bonchev–Trinajstić information content (AvgIpc) is 3.32. The highest BCUT2D eigenvalue weighted by atomic mass is 35.5. The van der Waals surface area contributed by atoms with Crippen molar-refractivity contribution < 1.29 is 23.5 Å². The molecule has 3 aromatic carbocycles. The van der Waals surface area contributed by atoms with E-state index in [0.717, 1.165) is 16.3 Å². The summed E-state index contributed by atoms with van der Waals surface area (Å²) in [4.78, 5) is 36.2. The Kier molecular flexibility index (Phi) is 6.56. The molecule has 3 N–H and O–H groups in total. The number of amides is 4. The molecule has 9 heteroatoms. The molecule has 4 aromatic rings. The van der Waals surface area contributed by atoms with Crippen LogP contribution >= 0.6 is 11.6 Å². The second-order valence-corrected chi connectivity index (χ2v) is 7.33. The summed E-state index contributed by atoms with van der Waals surface area (Å²) in [5.74, 6) is -0.462. The third kappa shape index (κ3) is 5.50. The minimum atomic E-state index is -0.928. The Morgan fingerprint density at radius 1 is 0.848 bits per heavy atom. The van der Waals surface area contributed by atoms with Crippen LogP contribution < -0.4 is 20.9 Å². The summed E-state index contributed by atoms with van der Waals surface area (Å²) in [6.07, 6.45) is 0. The SMILES string of the molecule is O=C(COc1cccc2ccccc12)NNC(=O)NC(=O)c1ccc(-c2ccc(Cl)cc2)o1. The number of hydrogen-bond donors (Lipinski definition) is 3. The zero-order chi connectivity index (χ0) is 23.2. The van der Waals surface area contributed by atoms with Crippen LogP contribution in [-0.2, 0) is 4.79 Å². The molecule has 0 radical (unpaired) electrons.